The van der Waals surface area contributed by atoms with E-state index in [0.29, 0.717) is 5.92 Å². The molecular weight excluding hydrogens is 126 g/mol. The molecule has 0 aromatic carbocycles. The van der Waals surface area contributed by atoms with Crippen LogP contribution in [0.1, 0.15) is 19.8 Å². The van der Waals surface area contributed by atoms with Gasteiger partial charge in [-0.05, 0) is 24.8 Å². The molecule has 0 radical (unpaired) electrons. The van der Waals surface area contributed by atoms with Gasteiger partial charge >= 0.3 is 0 Å². The average molecular weight is 143 g/mol. The Balaban J connectivity index is 2.34. The van der Waals surface area contributed by atoms with E-state index in [2.05, 4.69) is 6.92 Å². The van der Waals surface area contributed by atoms with Gasteiger partial charge < -0.3 is 10.5 Å². The molecule has 0 aromatic heterocycles. The van der Waals surface area contributed by atoms with Crippen LogP contribution in [0.4, 0.5) is 0 Å². The molecule has 1 aliphatic heterocycles. The van der Waals surface area contributed by atoms with Crippen LogP contribution in [0.2, 0.25) is 0 Å². The summed E-state index contributed by atoms with van der Waals surface area (Å²) in [6.07, 6.45) is 2.46. The standard InChI is InChI=1S/C8H17NO/c1-2-7-3-4-10-6-8(7)5-9/h7-8H,2-6,9H2,1H3. The van der Waals surface area contributed by atoms with E-state index in [1.165, 1.54) is 12.8 Å². The zero-order valence-corrected chi connectivity index (χ0v) is 6.68. The lowest BCUT2D eigenvalue weighted by Gasteiger charge is -2.29. The van der Waals surface area contributed by atoms with Gasteiger partial charge in [0.15, 0.2) is 0 Å². The number of nitrogens with two attached hydrogens (primary N) is 1. The van der Waals surface area contributed by atoms with Crippen molar-refractivity contribution in [1.29, 1.82) is 0 Å². The molecule has 0 saturated carbocycles. The van der Waals surface area contributed by atoms with E-state index in [1.54, 1.807) is 0 Å². The van der Waals surface area contributed by atoms with Gasteiger partial charge in [-0.3, -0.25) is 0 Å². The Hall–Kier alpha value is -0.0800. The second-order valence-corrected chi connectivity index (χ2v) is 3.03. The zero-order valence-electron chi connectivity index (χ0n) is 6.68. The molecule has 2 heteroatoms. The maximum atomic E-state index is 5.59. The Morgan fingerprint density at radius 3 is 2.80 bits per heavy atom. The van der Waals surface area contributed by atoms with Crippen LogP contribution in [0.25, 0.3) is 0 Å². The molecule has 60 valence electrons. The van der Waals surface area contributed by atoms with E-state index in [4.69, 9.17) is 10.5 Å². The zero-order chi connectivity index (χ0) is 7.40. The molecule has 2 N–H and O–H groups in total. The molecule has 0 amide bonds. The first-order chi connectivity index (χ1) is 4.88. The molecule has 1 aliphatic rings. The van der Waals surface area contributed by atoms with E-state index < -0.39 is 0 Å². The average Bonchev–Trinajstić information content (AvgIpc) is 2.04. The van der Waals surface area contributed by atoms with Gasteiger partial charge in [0.05, 0.1) is 6.61 Å². The van der Waals surface area contributed by atoms with Crippen LogP contribution in [-0.2, 0) is 4.74 Å². The normalized spacial score (nSPS) is 34.2. The highest BCUT2D eigenvalue weighted by Gasteiger charge is 2.22. The third-order valence-electron chi connectivity index (χ3n) is 2.46. The highest BCUT2D eigenvalue weighted by atomic mass is 16.5. The van der Waals surface area contributed by atoms with Crippen LogP contribution < -0.4 is 5.73 Å². The van der Waals surface area contributed by atoms with Gasteiger partial charge in [0.25, 0.3) is 0 Å². The summed E-state index contributed by atoms with van der Waals surface area (Å²) in [5.41, 5.74) is 5.59. The summed E-state index contributed by atoms with van der Waals surface area (Å²) in [5, 5.41) is 0. The maximum absolute atomic E-state index is 5.59. The lowest BCUT2D eigenvalue weighted by Crippen LogP contribution is -2.32. The van der Waals surface area contributed by atoms with Crippen LogP contribution in [0.3, 0.4) is 0 Å². The smallest absolute Gasteiger partial charge is 0.0509 e. The fourth-order valence-corrected chi connectivity index (χ4v) is 1.64. The minimum absolute atomic E-state index is 0.624. The molecule has 10 heavy (non-hydrogen) atoms. The second kappa shape index (κ2) is 3.94. The van der Waals surface area contributed by atoms with E-state index in [9.17, 15) is 0 Å². The Morgan fingerprint density at radius 1 is 1.50 bits per heavy atom. The van der Waals surface area contributed by atoms with E-state index >= 15 is 0 Å². The van der Waals surface area contributed by atoms with Crippen molar-refractivity contribution in [2.75, 3.05) is 19.8 Å². The van der Waals surface area contributed by atoms with Crippen LogP contribution in [0.15, 0.2) is 0 Å². The summed E-state index contributed by atoms with van der Waals surface area (Å²) in [7, 11) is 0. The van der Waals surface area contributed by atoms with Crippen LogP contribution in [-0.4, -0.2) is 19.8 Å². The van der Waals surface area contributed by atoms with Crippen molar-refractivity contribution in [3.8, 4) is 0 Å². The van der Waals surface area contributed by atoms with Gasteiger partial charge in [-0.15, -0.1) is 0 Å². The summed E-state index contributed by atoms with van der Waals surface area (Å²) in [4.78, 5) is 0. The Morgan fingerprint density at radius 2 is 2.30 bits per heavy atom. The molecule has 0 spiro atoms. The highest BCUT2D eigenvalue weighted by Crippen LogP contribution is 2.23. The summed E-state index contributed by atoms with van der Waals surface area (Å²) >= 11 is 0. The third-order valence-corrected chi connectivity index (χ3v) is 2.46. The first kappa shape index (κ1) is 8.02. The van der Waals surface area contributed by atoms with Crippen molar-refractivity contribution in [1.82, 2.24) is 0 Å². The monoisotopic (exact) mass is 143 g/mol. The van der Waals surface area contributed by atoms with Crippen molar-refractivity contribution in [2.45, 2.75) is 19.8 Å². The highest BCUT2D eigenvalue weighted by molar-refractivity contribution is 4.72. The van der Waals surface area contributed by atoms with Crippen molar-refractivity contribution in [3.63, 3.8) is 0 Å². The van der Waals surface area contributed by atoms with Crippen molar-refractivity contribution < 1.29 is 4.74 Å². The molecule has 0 aromatic rings. The largest absolute Gasteiger partial charge is 0.381 e. The van der Waals surface area contributed by atoms with E-state index in [0.717, 1.165) is 25.7 Å². The fraction of sp³-hybridized carbons (Fsp3) is 1.00. The van der Waals surface area contributed by atoms with Gasteiger partial charge in [0.2, 0.25) is 0 Å². The Labute approximate surface area is 62.7 Å². The molecule has 2 atom stereocenters. The van der Waals surface area contributed by atoms with Gasteiger partial charge in [0.1, 0.15) is 0 Å². The summed E-state index contributed by atoms with van der Waals surface area (Å²) in [6.45, 7) is 4.85. The first-order valence-corrected chi connectivity index (χ1v) is 4.16. The van der Waals surface area contributed by atoms with Gasteiger partial charge in [-0.25, -0.2) is 0 Å². The van der Waals surface area contributed by atoms with E-state index in [-0.39, 0.29) is 0 Å². The van der Waals surface area contributed by atoms with Crippen LogP contribution in [0, 0.1) is 11.8 Å². The SMILES string of the molecule is CCC1CCOCC1CN. The quantitative estimate of drug-likeness (QED) is 0.626. The molecule has 2 unspecified atom stereocenters. The molecule has 2 nitrogen and oxygen atoms in total. The van der Waals surface area contributed by atoms with Crippen molar-refractivity contribution >= 4 is 0 Å². The second-order valence-electron chi connectivity index (χ2n) is 3.03. The van der Waals surface area contributed by atoms with E-state index in [1.807, 2.05) is 0 Å². The Kier molecular flexibility index (Phi) is 3.16. The molecule has 1 heterocycles. The summed E-state index contributed by atoms with van der Waals surface area (Å²) in [6, 6.07) is 0. The molecular formula is C8H17NO. The third kappa shape index (κ3) is 1.70. The molecule has 0 bridgehead atoms. The van der Waals surface area contributed by atoms with Gasteiger partial charge in [0, 0.05) is 6.61 Å². The lowest BCUT2D eigenvalue weighted by molar-refractivity contribution is 0.0193. The number of ether oxygens (including phenoxy) is 1. The lowest BCUT2D eigenvalue weighted by atomic mass is 9.86. The van der Waals surface area contributed by atoms with Gasteiger partial charge in [-0.1, -0.05) is 13.3 Å². The van der Waals surface area contributed by atoms with Gasteiger partial charge in [-0.2, -0.15) is 0 Å². The molecule has 1 saturated heterocycles. The molecule has 0 aliphatic carbocycles. The number of hydrogen-bond acceptors (Lipinski definition) is 2. The predicted molar refractivity (Wildman–Crippen MR) is 41.8 cm³/mol. The summed E-state index contributed by atoms with van der Waals surface area (Å²) in [5.74, 6) is 1.44. The van der Waals surface area contributed by atoms with Crippen LogP contribution >= 0.6 is 0 Å². The first-order valence-electron chi connectivity index (χ1n) is 4.16. The predicted octanol–water partition coefficient (Wildman–Crippen LogP) is 1.01. The number of hydrogen-bond donors (Lipinski definition) is 1. The minimum Gasteiger partial charge on any atom is -0.381 e. The maximum Gasteiger partial charge on any atom is 0.0509 e. The minimum atomic E-state index is 0.624. The number of rotatable bonds is 2. The van der Waals surface area contributed by atoms with Crippen molar-refractivity contribution in [2.24, 2.45) is 17.6 Å². The van der Waals surface area contributed by atoms with Crippen LogP contribution in [0.5, 0.6) is 0 Å². The Bertz CT molecular complexity index is 83.3. The summed E-state index contributed by atoms with van der Waals surface area (Å²) < 4.78 is 5.33. The topological polar surface area (TPSA) is 35.2 Å². The van der Waals surface area contributed by atoms with Crippen molar-refractivity contribution in [3.05, 3.63) is 0 Å². The molecule has 1 rings (SSSR count). The fourth-order valence-electron chi connectivity index (χ4n) is 1.64. The molecule has 1 fully saturated rings.